The minimum atomic E-state index is -3.75. The molecular formula is C22H26N2O3S. The molecule has 28 heavy (non-hydrogen) atoms. The monoisotopic (exact) mass is 398 g/mol. The Morgan fingerprint density at radius 1 is 1.07 bits per heavy atom. The first-order chi connectivity index (χ1) is 13.4. The summed E-state index contributed by atoms with van der Waals surface area (Å²) in [7, 11) is -2.21. The number of rotatable bonds is 5. The fourth-order valence-electron chi connectivity index (χ4n) is 4.68. The molecule has 2 fully saturated rings. The number of nitrogens with one attached hydrogen (secondary N) is 1. The number of amides is 1. The van der Waals surface area contributed by atoms with Gasteiger partial charge in [0.05, 0.1) is 10.6 Å². The molecule has 2 aliphatic rings. The van der Waals surface area contributed by atoms with Crippen molar-refractivity contribution in [2.75, 3.05) is 11.4 Å². The van der Waals surface area contributed by atoms with Crippen molar-refractivity contribution in [1.82, 2.24) is 5.32 Å². The third kappa shape index (κ3) is 3.41. The first-order valence-electron chi connectivity index (χ1n) is 9.82. The first kappa shape index (κ1) is 19.0. The Morgan fingerprint density at radius 2 is 1.86 bits per heavy atom. The molecule has 2 aliphatic carbocycles. The van der Waals surface area contributed by atoms with Gasteiger partial charge in [0.25, 0.3) is 15.9 Å². The van der Waals surface area contributed by atoms with Crippen molar-refractivity contribution in [3.8, 4) is 0 Å². The molecule has 0 saturated heterocycles. The lowest BCUT2D eigenvalue weighted by Crippen LogP contribution is -2.38. The van der Waals surface area contributed by atoms with E-state index in [-0.39, 0.29) is 16.8 Å². The van der Waals surface area contributed by atoms with Crippen LogP contribution < -0.4 is 9.62 Å². The lowest BCUT2D eigenvalue weighted by Gasteiger charge is -2.23. The molecule has 0 aliphatic heterocycles. The second-order valence-electron chi connectivity index (χ2n) is 8.04. The Labute approximate surface area is 166 Å². The van der Waals surface area contributed by atoms with E-state index in [1.807, 2.05) is 25.1 Å². The highest BCUT2D eigenvalue weighted by molar-refractivity contribution is 7.92. The maximum Gasteiger partial charge on any atom is 0.264 e. The number of hydrogen-bond donors (Lipinski definition) is 1. The lowest BCUT2D eigenvalue weighted by molar-refractivity contribution is 0.0922. The van der Waals surface area contributed by atoms with Gasteiger partial charge in [0.2, 0.25) is 0 Å². The zero-order valence-electron chi connectivity index (χ0n) is 16.3. The van der Waals surface area contributed by atoms with Crippen molar-refractivity contribution in [3.63, 3.8) is 0 Å². The van der Waals surface area contributed by atoms with Crippen molar-refractivity contribution in [1.29, 1.82) is 0 Å². The number of aryl methyl sites for hydroxylation is 1. The highest BCUT2D eigenvalue weighted by Gasteiger charge is 2.40. The number of hydrogen-bond acceptors (Lipinski definition) is 3. The smallest absolute Gasteiger partial charge is 0.264 e. The standard InChI is InChI=1S/C22H26N2O3S/c1-15-6-3-4-9-21(15)24(2)28(26,27)19-8-5-7-18(14-19)22(25)23-20-13-16-10-11-17(20)12-16/h3-9,14,16-17,20H,10-13H2,1-2H3,(H,23,25)/t16-,17-,20-/m0/s1. The molecule has 0 spiro atoms. The maximum absolute atomic E-state index is 13.1. The molecule has 0 radical (unpaired) electrons. The summed E-state index contributed by atoms with van der Waals surface area (Å²) in [5, 5.41) is 3.13. The van der Waals surface area contributed by atoms with Crippen molar-refractivity contribution in [2.45, 2.75) is 43.5 Å². The van der Waals surface area contributed by atoms with Crippen LogP contribution in [-0.2, 0) is 10.0 Å². The topological polar surface area (TPSA) is 66.5 Å². The highest BCUT2D eigenvalue weighted by atomic mass is 32.2. The summed E-state index contributed by atoms with van der Waals surface area (Å²) in [4.78, 5) is 12.9. The summed E-state index contributed by atoms with van der Waals surface area (Å²) in [6, 6.07) is 13.9. The largest absolute Gasteiger partial charge is 0.349 e. The molecule has 1 N–H and O–H groups in total. The zero-order valence-corrected chi connectivity index (χ0v) is 17.1. The van der Waals surface area contributed by atoms with E-state index in [0.29, 0.717) is 17.2 Å². The van der Waals surface area contributed by atoms with Crippen LogP contribution >= 0.6 is 0 Å². The van der Waals surface area contributed by atoms with Gasteiger partial charge in [-0.25, -0.2) is 8.42 Å². The summed E-state index contributed by atoms with van der Waals surface area (Å²) >= 11 is 0. The van der Waals surface area contributed by atoms with Gasteiger partial charge in [0.1, 0.15) is 0 Å². The molecule has 2 aromatic rings. The average molecular weight is 399 g/mol. The van der Waals surface area contributed by atoms with Crippen LogP contribution in [0.1, 0.15) is 41.6 Å². The van der Waals surface area contributed by atoms with E-state index in [0.717, 1.165) is 17.9 Å². The summed E-state index contributed by atoms with van der Waals surface area (Å²) < 4.78 is 27.5. The van der Waals surface area contributed by atoms with Crippen LogP contribution in [0.3, 0.4) is 0 Å². The molecule has 1 amide bonds. The molecule has 5 nitrogen and oxygen atoms in total. The van der Waals surface area contributed by atoms with Gasteiger partial charge >= 0.3 is 0 Å². The Morgan fingerprint density at radius 3 is 2.54 bits per heavy atom. The zero-order chi connectivity index (χ0) is 19.9. The molecule has 148 valence electrons. The Hall–Kier alpha value is -2.34. The average Bonchev–Trinajstić information content (AvgIpc) is 3.31. The number of para-hydroxylation sites is 1. The van der Waals surface area contributed by atoms with Crippen LogP contribution in [0, 0.1) is 18.8 Å². The number of nitrogens with zero attached hydrogens (tertiary/aromatic N) is 1. The Bertz CT molecular complexity index is 1000. The second-order valence-corrected chi connectivity index (χ2v) is 10.0. The predicted octanol–water partition coefficient (Wildman–Crippen LogP) is 3.74. The third-order valence-corrected chi connectivity index (χ3v) is 8.03. The van der Waals surface area contributed by atoms with E-state index >= 15 is 0 Å². The normalized spacial score (nSPS) is 23.6. The molecule has 3 atom stereocenters. The van der Waals surface area contributed by atoms with E-state index < -0.39 is 10.0 Å². The van der Waals surface area contributed by atoms with Crippen LogP contribution in [0.4, 0.5) is 5.69 Å². The number of fused-ring (bicyclic) bond motifs is 2. The van der Waals surface area contributed by atoms with Crippen LogP contribution in [0.15, 0.2) is 53.4 Å². The molecule has 6 heteroatoms. The van der Waals surface area contributed by atoms with Crippen molar-refractivity contribution in [3.05, 3.63) is 59.7 Å². The third-order valence-electron chi connectivity index (χ3n) is 6.26. The van der Waals surface area contributed by atoms with Gasteiger partial charge in [0, 0.05) is 18.7 Å². The highest BCUT2D eigenvalue weighted by Crippen LogP contribution is 2.44. The Kier molecular flexibility index (Phi) is 4.91. The minimum absolute atomic E-state index is 0.124. The molecule has 4 rings (SSSR count). The molecule has 0 heterocycles. The fourth-order valence-corrected chi connectivity index (χ4v) is 5.98. The van der Waals surface area contributed by atoms with Gasteiger partial charge in [-0.05, 0) is 67.9 Å². The van der Waals surface area contributed by atoms with Crippen molar-refractivity contribution in [2.24, 2.45) is 11.8 Å². The quantitative estimate of drug-likeness (QED) is 0.834. The molecule has 0 aromatic heterocycles. The van der Waals surface area contributed by atoms with Crippen LogP contribution in [0.25, 0.3) is 0 Å². The summed E-state index contributed by atoms with van der Waals surface area (Å²) in [5.41, 5.74) is 1.89. The van der Waals surface area contributed by atoms with E-state index in [1.54, 1.807) is 31.3 Å². The molecule has 2 saturated carbocycles. The van der Waals surface area contributed by atoms with Crippen LogP contribution in [0.5, 0.6) is 0 Å². The number of carbonyl (C=O) groups is 1. The van der Waals surface area contributed by atoms with Gasteiger partial charge in [-0.2, -0.15) is 0 Å². The minimum Gasteiger partial charge on any atom is -0.349 e. The van der Waals surface area contributed by atoms with E-state index in [4.69, 9.17) is 0 Å². The SMILES string of the molecule is Cc1ccccc1N(C)S(=O)(=O)c1cccc(C(=O)N[C@H]2C[C@H]3CC[C@H]2C3)c1. The fraction of sp³-hybridized carbons (Fsp3) is 0.409. The van der Waals surface area contributed by atoms with Gasteiger partial charge in [-0.1, -0.05) is 30.7 Å². The second kappa shape index (κ2) is 7.24. The van der Waals surface area contributed by atoms with Crippen molar-refractivity contribution >= 4 is 21.6 Å². The van der Waals surface area contributed by atoms with Gasteiger partial charge in [-0.15, -0.1) is 0 Å². The summed E-state index contributed by atoms with van der Waals surface area (Å²) in [5.74, 6) is 1.13. The molecule has 0 unspecified atom stereocenters. The van der Waals surface area contributed by atoms with E-state index in [1.165, 1.54) is 29.6 Å². The van der Waals surface area contributed by atoms with E-state index in [2.05, 4.69) is 5.32 Å². The maximum atomic E-state index is 13.1. The number of carbonyl (C=O) groups excluding carboxylic acids is 1. The summed E-state index contributed by atoms with van der Waals surface area (Å²) in [6.07, 6.45) is 4.71. The van der Waals surface area contributed by atoms with Gasteiger partial charge in [-0.3, -0.25) is 9.10 Å². The van der Waals surface area contributed by atoms with Crippen LogP contribution in [0.2, 0.25) is 0 Å². The number of sulfonamides is 1. The predicted molar refractivity (Wildman–Crippen MR) is 110 cm³/mol. The molecular weight excluding hydrogens is 372 g/mol. The van der Waals surface area contributed by atoms with Gasteiger partial charge < -0.3 is 5.32 Å². The molecule has 2 bridgehead atoms. The molecule has 2 aromatic carbocycles. The number of anilines is 1. The first-order valence-corrected chi connectivity index (χ1v) is 11.3. The summed E-state index contributed by atoms with van der Waals surface area (Å²) in [6.45, 7) is 1.88. The number of benzene rings is 2. The Balaban J connectivity index is 1.56. The van der Waals surface area contributed by atoms with E-state index in [9.17, 15) is 13.2 Å². The van der Waals surface area contributed by atoms with Crippen molar-refractivity contribution < 1.29 is 13.2 Å². The van der Waals surface area contributed by atoms with Crippen LogP contribution in [-0.4, -0.2) is 27.4 Å². The lowest BCUT2D eigenvalue weighted by atomic mass is 9.95. The van der Waals surface area contributed by atoms with Gasteiger partial charge in [0.15, 0.2) is 0 Å².